The molecule has 2 heterocycles. The molecule has 0 aliphatic carbocycles. The summed E-state index contributed by atoms with van der Waals surface area (Å²) in [4.78, 5) is 51.3. The van der Waals surface area contributed by atoms with Gasteiger partial charge in [0, 0.05) is 44.6 Å². The Labute approximate surface area is 481 Å². The Hall–Kier alpha value is -3.06. The van der Waals surface area contributed by atoms with Gasteiger partial charge < -0.3 is 23.7 Å². The molecule has 0 saturated heterocycles. The second kappa shape index (κ2) is 49.7. The summed E-state index contributed by atoms with van der Waals surface area (Å²) in [7, 11) is 2.16. The second-order valence-electron chi connectivity index (χ2n) is 23.3. The summed E-state index contributed by atoms with van der Waals surface area (Å²) in [6.45, 7) is 10.8. The smallest absolute Gasteiger partial charge is 0.310 e. The molecular formula is C65H118N3O9S+. The van der Waals surface area contributed by atoms with Crippen molar-refractivity contribution in [2.24, 2.45) is 0 Å². The van der Waals surface area contributed by atoms with Crippen molar-refractivity contribution >= 4 is 41.2 Å². The molecule has 1 aliphatic rings. The van der Waals surface area contributed by atoms with Crippen molar-refractivity contribution in [2.75, 3.05) is 40.0 Å². The zero-order chi connectivity index (χ0) is 56.4. The number of carbonyl (C=O) groups is 4. The second-order valence-corrected chi connectivity index (χ2v) is 23.8. The van der Waals surface area contributed by atoms with E-state index in [-0.39, 0.29) is 49.7 Å². The minimum absolute atomic E-state index is 0.0973. The average Bonchev–Trinajstić information content (AvgIpc) is 3.92. The molecule has 452 valence electrons. The Kier molecular flexibility index (Phi) is 45.3. The predicted molar refractivity (Wildman–Crippen MR) is 321 cm³/mol. The summed E-state index contributed by atoms with van der Waals surface area (Å²) >= 11 is 1.19. The first-order chi connectivity index (χ1) is 38.1. The van der Waals surface area contributed by atoms with Crippen molar-refractivity contribution in [3.63, 3.8) is 0 Å². The molecule has 2 atom stereocenters. The van der Waals surface area contributed by atoms with E-state index in [1.54, 1.807) is 0 Å². The van der Waals surface area contributed by atoms with Crippen LogP contribution in [0.4, 0.5) is 0 Å². The van der Waals surface area contributed by atoms with Gasteiger partial charge in [-0.25, -0.2) is 0 Å². The number of ether oxygens (including phenoxy) is 5. The number of esters is 4. The van der Waals surface area contributed by atoms with Crippen LogP contribution in [0.2, 0.25) is 0 Å². The first kappa shape index (κ1) is 71.0. The lowest BCUT2D eigenvalue weighted by Gasteiger charge is -2.41. The minimum Gasteiger partial charge on any atom is -0.475 e. The van der Waals surface area contributed by atoms with Crippen LogP contribution >= 0.6 is 11.7 Å². The van der Waals surface area contributed by atoms with Gasteiger partial charge in [0.2, 0.25) is 6.23 Å². The van der Waals surface area contributed by atoms with Crippen LogP contribution in [-0.2, 0) is 38.1 Å². The monoisotopic (exact) mass is 1120 g/mol. The van der Waals surface area contributed by atoms with E-state index in [1.807, 2.05) is 6.92 Å². The molecule has 0 bridgehead atoms. The average molecular weight is 1120 g/mol. The molecular weight excluding hydrogens is 999 g/mol. The third-order valence-corrected chi connectivity index (χ3v) is 16.4. The fourth-order valence-electron chi connectivity index (χ4n) is 10.5. The molecule has 2 rings (SSSR count). The van der Waals surface area contributed by atoms with Crippen LogP contribution in [0.1, 0.15) is 322 Å². The maximum atomic E-state index is 13.0. The van der Waals surface area contributed by atoms with E-state index in [4.69, 9.17) is 23.7 Å². The van der Waals surface area contributed by atoms with Crippen molar-refractivity contribution in [1.29, 1.82) is 0 Å². The highest BCUT2D eigenvalue weighted by atomic mass is 32.1. The zero-order valence-corrected chi connectivity index (χ0v) is 51.8. The van der Waals surface area contributed by atoms with E-state index in [1.165, 1.54) is 153 Å². The van der Waals surface area contributed by atoms with E-state index in [0.29, 0.717) is 36.2 Å². The predicted octanol–water partition coefficient (Wildman–Crippen LogP) is 18.3. The number of nitrogens with zero attached hydrogens (tertiary/aromatic N) is 3. The number of carbonyl (C=O) groups excluding carboxylic acids is 4. The van der Waals surface area contributed by atoms with E-state index in [0.717, 1.165) is 146 Å². The number of quaternary nitrogens is 1. The third kappa shape index (κ3) is 38.6. The quantitative estimate of drug-likeness (QED) is 0.0266. The number of hydrogen-bond acceptors (Lipinski definition) is 12. The summed E-state index contributed by atoms with van der Waals surface area (Å²) in [6, 6.07) is 0. The highest BCUT2D eigenvalue weighted by Gasteiger charge is 2.36. The number of hydrogen-bond donors (Lipinski definition) is 0. The SMILES string of the molecule is CCCCCCCCCCCCCCCC(=O)OCC(COC(=O)CCCCCCCCCCCCCCC)OC(=O)CCCCCCCCCCCCC(=O)OC(C)[N+]1(C)CCC=C(c2nsnc2OCCCCCC)C1. The van der Waals surface area contributed by atoms with Gasteiger partial charge in [0.25, 0.3) is 5.88 Å². The summed E-state index contributed by atoms with van der Waals surface area (Å²) < 4.78 is 38.6. The van der Waals surface area contributed by atoms with Crippen LogP contribution < -0.4 is 4.74 Å². The van der Waals surface area contributed by atoms with E-state index in [9.17, 15) is 19.2 Å². The summed E-state index contributed by atoms with van der Waals surface area (Å²) in [5, 5.41) is 0. The Bertz CT molecular complexity index is 1610. The van der Waals surface area contributed by atoms with Crippen LogP contribution in [0.5, 0.6) is 5.88 Å². The summed E-state index contributed by atoms with van der Waals surface area (Å²) in [5.41, 5.74) is 1.95. The Morgan fingerprint density at radius 3 is 1.22 bits per heavy atom. The Morgan fingerprint density at radius 1 is 0.474 bits per heavy atom. The maximum absolute atomic E-state index is 13.0. The van der Waals surface area contributed by atoms with E-state index >= 15 is 0 Å². The van der Waals surface area contributed by atoms with Crippen molar-refractivity contribution in [2.45, 2.75) is 329 Å². The summed E-state index contributed by atoms with van der Waals surface area (Å²) in [5.74, 6) is -0.428. The summed E-state index contributed by atoms with van der Waals surface area (Å²) in [6.07, 6.45) is 50.6. The Morgan fingerprint density at radius 2 is 0.821 bits per heavy atom. The van der Waals surface area contributed by atoms with E-state index < -0.39 is 6.10 Å². The van der Waals surface area contributed by atoms with Gasteiger partial charge in [-0.3, -0.25) is 23.7 Å². The lowest BCUT2D eigenvalue weighted by atomic mass is 10.0. The molecule has 0 saturated carbocycles. The molecule has 1 aliphatic heterocycles. The molecule has 0 radical (unpaired) electrons. The van der Waals surface area contributed by atoms with Crippen molar-refractivity contribution < 1.29 is 47.3 Å². The molecule has 0 amide bonds. The fraction of sp³-hybridized carbons (Fsp3) is 0.877. The number of aromatic nitrogens is 2. The largest absolute Gasteiger partial charge is 0.475 e. The molecule has 0 N–H and O–H groups in total. The molecule has 2 unspecified atom stereocenters. The minimum atomic E-state index is -0.805. The molecule has 0 spiro atoms. The van der Waals surface area contributed by atoms with Gasteiger partial charge >= 0.3 is 23.9 Å². The lowest BCUT2D eigenvalue weighted by Crippen LogP contribution is -2.55. The molecule has 12 nitrogen and oxygen atoms in total. The molecule has 0 fully saturated rings. The maximum Gasteiger partial charge on any atom is 0.310 e. The zero-order valence-electron chi connectivity index (χ0n) is 51.0. The molecule has 1 aromatic rings. The van der Waals surface area contributed by atoms with Crippen molar-refractivity contribution in [3.8, 4) is 5.88 Å². The molecule has 0 aromatic carbocycles. The van der Waals surface area contributed by atoms with Gasteiger partial charge in [0.1, 0.15) is 25.5 Å². The highest BCUT2D eigenvalue weighted by molar-refractivity contribution is 6.99. The normalized spacial score (nSPS) is 14.8. The standard InChI is InChI=1S/C65H118N3O9S/c1-6-9-12-15-17-19-21-23-25-29-33-37-41-48-60(69)74-55-59(56-75-61(70)49-42-38-34-30-26-24-22-20-18-16-13-10-7-2)77-63(72)51-44-40-36-32-28-27-31-35-39-43-50-62(71)76-57(4)68(5)52-46-47-58(54-68)64-65(67-78-66-64)73-53-45-14-11-8-3/h47,57,59H,6-46,48-56H2,1-5H3/q+1. The van der Waals surface area contributed by atoms with Gasteiger partial charge in [0.05, 0.1) is 31.9 Å². The highest BCUT2D eigenvalue weighted by Crippen LogP contribution is 2.32. The van der Waals surface area contributed by atoms with Crippen LogP contribution in [0.15, 0.2) is 6.08 Å². The lowest BCUT2D eigenvalue weighted by molar-refractivity contribution is -0.944. The number of rotatable bonds is 55. The van der Waals surface area contributed by atoms with Gasteiger partial charge in [0.15, 0.2) is 6.10 Å². The molecule has 78 heavy (non-hydrogen) atoms. The number of unbranched alkanes of at least 4 members (excludes halogenated alkanes) is 36. The van der Waals surface area contributed by atoms with Crippen LogP contribution in [0, 0.1) is 0 Å². The van der Waals surface area contributed by atoms with Crippen LogP contribution in [0.3, 0.4) is 0 Å². The Balaban J connectivity index is 1.60. The van der Waals surface area contributed by atoms with Crippen molar-refractivity contribution in [3.05, 3.63) is 11.8 Å². The van der Waals surface area contributed by atoms with Gasteiger partial charge in [-0.2, -0.15) is 4.37 Å². The van der Waals surface area contributed by atoms with Crippen LogP contribution in [-0.4, -0.2) is 89.4 Å². The van der Waals surface area contributed by atoms with Gasteiger partial charge in [-0.05, 0) is 32.1 Å². The van der Waals surface area contributed by atoms with Crippen molar-refractivity contribution in [1.82, 2.24) is 8.75 Å². The molecule has 1 aromatic heterocycles. The topological polar surface area (TPSA) is 140 Å². The number of likely N-dealkylation sites (N-methyl/N-ethyl adjacent to an activating group) is 1. The third-order valence-electron chi connectivity index (χ3n) is 15.9. The first-order valence-electron chi connectivity index (χ1n) is 32.8. The van der Waals surface area contributed by atoms with Crippen LogP contribution in [0.25, 0.3) is 5.57 Å². The fourth-order valence-corrected chi connectivity index (χ4v) is 11.0. The first-order valence-corrected chi connectivity index (χ1v) is 33.5. The van der Waals surface area contributed by atoms with Gasteiger partial charge in [-0.15, -0.1) is 4.37 Å². The molecule has 13 heteroatoms. The van der Waals surface area contributed by atoms with Gasteiger partial charge in [-0.1, -0.05) is 252 Å². The van der Waals surface area contributed by atoms with E-state index in [2.05, 4.69) is 42.6 Å².